The SMILES string of the molecule is COC(=O)c1cc(OC)cc(O)c1C#N. The van der Waals surface area contributed by atoms with Crippen LogP contribution in [0.25, 0.3) is 0 Å². The summed E-state index contributed by atoms with van der Waals surface area (Å²) in [6.07, 6.45) is 0. The molecule has 78 valence electrons. The zero-order valence-electron chi connectivity index (χ0n) is 8.27. The first-order chi connectivity index (χ1) is 7.13. The third kappa shape index (κ3) is 1.99. The number of nitrogens with zero attached hydrogens (tertiary/aromatic N) is 1. The Hall–Kier alpha value is -2.22. The van der Waals surface area contributed by atoms with Crippen molar-refractivity contribution in [1.29, 1.82) is 5.26 Å². The van der Waals surface area contributed by atoms with Crippen molar-refractivity contribution < 1.29 is 19.4 Å². The van der Waals surface area contributed by atoms with Gasteiger partial charge in [-0.1, -0.05) is 0 Å². The van der Waals surface area contributed by atoms with E-state index in [1.807, 2.05) is 0 Å². The lowest BCUT2D eigenvalue weighted by molar-refractivity contribution is 0.0599. The van der Waals surface area contributed by atoms with Crippen molar-refractivity contribution >= 4 is 5.97 Å². The molecule has 0 aliphatic carbocycles. The lowest BCUT2D eigenvalue weighted by atomic mass is 10.1. The lowest BCUT2D eigenvalue weighted by Gasteiger charge is -2.06. The number of rotatable bonds is 2. The van der Waals surface area contributed by atoms with Gasteiger partial charge in [-0.15, -0.1) is 0 Å². The highest BCUT2D eigenvalue weighted by molar-refractivity contribution is 5.93. The van der Waals surface area contributed by atoms with Gasteiger partial charge >= 0.3 is 5.97 Å². The Morgan fingerprint density at radius 3 is 2.60 bits per heavy atom. The van der Waals surface area contributed by atoms with Gasteiger partial charge in [0.1, 0.15) is 23.1 Å². The normalized spacial score (nSPS) is 9.13. The second-order valence-electron chi connectivity index (χ2n) is 2.67. The summed E-state index contributed by atoms with van der Waals surface area (Å²) in [6.45, 7) is 0. The number of carbonyl (C=O) groups excluding carboxylic acids is 1. The number of aromatic hydroxyl groups is 1. The second-order valence-corrected chi connectivity index (χ2v) is 2.67. The van der Waals surface area contributed by atoms with Crippen LogP contribution in [0.2, 0.25) is 0 Å². The van der Waals surface area contributed by atoms with Crippen molar-refractivity contribution in [2.24, 2.45) is 0 Å². The Kier molecular flexibility index (Phi) is 3.13. The Morgan fingerprint density at radius 2 is 2.13 bits per heavy atom. The van der Waals surface area contributed by atoms with Gasteiger partial charge in [0.25, 0.3) is 0 Å². The third-order valence-electron chi connectivity index (χ3n) is 1.84. The molecule has 0 heterocycles. The molecule has 5 heteroatoms. The summed E-state index contributed by atoms with van der Waals surface area (Å²) in [5, 5.41) is 18.2. The molecule has 0 spiro atoms. The van der Waals surface area contributed by atoms with Crippen molar-refractivity contribution in [2.45, 2.75) is 0 Å². The number of hydrogen-bond acceptors (Lipinski definition) is 5. The van der Waals surface area contributed by atoms with Crippen LogP contribution in [-0.2, 0) is 4.74 Å². The molecule has 1 aromatic carbocycles. The molecule has 0 saturated carbocycles. The van der Waals surface area contributed by atoms with Crippen LogP contribution in [-0.4, -0.2) is 25.3 Å². The zero-order valence-corrected chi connectivity index (χ0v) is 8.27. The monoisotopic (exact) mass is 207 g/mol. The van der Waals surface area contributed by atoms with Crippen LogP contribution >= 0.6 is 0 Å². The van der Waals surface area contributed by atoms with Crippen LogP contribution in [0, 0.1) is 11.3 Å². The van der Waals surface area contributed by atoms with Crippen LogP contribution in [0.5, 0.6) is 11.5 Å². The van der Waals surface area contributed by atoms with E-state index in [0.29, 0.717) is 0 Å². The summed E-state index contributed by atoms with van der Waals surface area (Å²) in [4.78, 5) is 11.3. The first-order valence-electron chi connectivity index (χ1n) is 4.03. The number of nitriles is 1. The van der Waals surface area contributed by atoms with Crippen LogP contribution < -0.4 is 4.74 Å². The van der Waals surface area contributed by atoms with Crippen LogP contribution in [0.3, 0.4) is 0 Å². The summed E-state index contributed by atoms with van der Waals surface area (Å²) < 4.78 is 9.33. The molecule has 0 amide bonds. The van der Waals surface area contributed by atoms with Gasteiger partial charge in [-0.2, -0.15) is 5.26 Å². The molecule has 0 atom stereocenters. The van der Waals surface area contributed by atoms with Gasteiger partial charge in [0.15, 0.2) is 0 Å². The number of phenols is 1. The molecule has 0 aliphatic rings. The van der Waals surface area contributed by atoms with E-state index in [1.54, 1.807) is 6.07 Å². The first kappa shape index (κ1) is 10.9. The largest absolute Gasteiger partial charge is 0.506 e. The minimum absolute atomic E-state index is 0.0168. The van der Waals surface area contributed by atoms with Crippen molar-refractivity contribution in [3.05, 3.63) is 23.3 Å². The summed E-state index contributed by atoms with van der Waals surface area (Å²) in [7, 11) is 2.59. The summed E-state index contributed by atoms with van der Waals surface area (Å²) in [6, 6.07) is 4.32. The van der Waals surface area contributed by atoms with Gasteiger partial charge in [-0.3, -0.25) is 0 Å². The van der Waals surface area contributed by atoms with E-state index in [0.717, 1.165) is 0 Å². The predicted octanol–water partition coefficient (Wildman–Crippen LogP) is 1.06. The van der Waals surface area contributed by atoms with Crippen molar-refractivity contribution in [2.75, 3.05) is 14.2 Å². The number of carbonyl (C=O) groups is 1. The average molecular weight is 207 g/mol. The quantitative estimate of drug-likeness (QED) is 0.733. The lowest BCUT2D eigenvalue weighted by Crippen LogP contribution is -2.04. The Morgan fingerprint density at radius 1 is 1.47 bits per heavy atom. The molecule has 0 aliphatic heterocycles. The number of methoxy groups -OCH3 is 2. The smallest absolute Gasteiger partial charge is 0.339 e. The number of benzene rings is 1. The maximum Gasteiger partial charge on any atom is 0.339 e. The van der Waals surface area contributed by atoms with E-state index >= 15 is 0 Å². The summed E-state index contributed by atoms with van der Waals surface area (Å²) >= 11 is 0. The maximum atomic E-state index is 11.3. The highest BCUT2D eigenvalue weighted by atomic mass is 16.5. The molecule has 0 saturated heterocycles. The molecular formula is C10H9NO4. The standard InChI is InChI=1S/C10H9NO4/c1-14-6-3-7(10(13)15-2)8(5-11)9(12)4-6/h3-4,12H,1-2H3. The van der Waals surface area contributed by atoms with E-state index in [-0.39, 0.29) is 22.6 Å². The summed E-state index contributed by atoms with van der Waals surface area (Å²) in [5.41, 5.74) is -0.139. The maximum absolute atomic E-state index is 11.3. The van der Waals surface area contributed by atoms with Gasteiger partial charge in [0.05, 0.1) is 19.8 Å². The van der Waals surface area contributed by atoms with Crippen LogP contribution in [0.15, 0.2) is 12.1 Å². The molecule has 0 bridgehead atoms. The van der Waals surface area contributed by atoms with Crippen LogP contribution in [0.4, 0.5) is 0 Å². The van der Waals surface area contributed by atoms with E-state index in [1.165, 1.54) is 26.4 Å². The molecule has 15 heavy (non-hydrogen) atoms. The Labute approximate surface area is 86.5 Å². The predicted molar refractivity (Wildman–Crippen MR) is 50.7 cm³/mol. The van der Waals surface area contributed by atoms with E-state index in [2.05, 4.69) is 4.74 Å². The Bertz CT molecular complexity index is 434. The molecule has 1 N–H and O–H groups in total. The Balaban J connectivity index is 3.40. The average Bonchev–Trinajstić information content (AvgIpc) is 2.26. The van der Waals surface area contributed by atoms with Crippen molar-refractivity contribution in [3.63, 3.8) is 0 Å². The van der Waals surface area contributed by atoms with Gasteiger partial charge in [-0.25, -0.2) is 4.79 Å². The molecule has 0 aromatic heterocycles. The minimum Gasteiger partial charge on any atom is -0.506 e. The number of ether oxygens (including phenoxy) is 2. The zero-order chi connectivity index (χ0) is 11.4. The highest BCUT2D eigenvalue weighted by Gasteiger charge is 2.17. The fourth-order valence-corrected chi connectivity index (χ4v) is 1.11. The van der Waals surface area contributed by atoms with Gasteiger partial charge < -0.3 is 14.6 Å². The topological polar surface area (TPSA) is 79.6 Å². The van der Waals surface area contributed by atoms with E-state index < -0.39 is 5.97 Å². The number of hydrogen-bond donors (Lipinski definition) is 1. The van der Waals surface area contributed by atoms with Gasteiger partial charge in [0.2, 0.25) is 0 Å². The molecule has 0 radical (unpaired) electrons. The van der Waals surface area contributed by atoms with E-state index in [9.17, 15) is 9.90 Å². The molecule has 5 nitrogen and oxygen atoms in total. The van der Waals surface area contributed by atoms with E-state index in [4.69, 9.17) is 10.00 Å². The number of phenolic OH excluding ortho intramolecular Hbond substituents is 1. The fraction of sp³-hybridized carbons (Fsp3) is 0.200. The molecule has 0 unspecified atom stereocenters. The molecular weight excluding hydrogens is 198 g/mol. The molecule has 1 aromatic rings. The summed E-state index contributed by atoms with van der Waals surface area (Å²) in [5.74, 6) is -0.718. The molecule has 0 fully saturated rings. The third-order valence-corrected chi connectivity index (χ3v) is 1.84. The highest BCUT2D eigenvalue weighted by Crippen LogP contribution is 2.27. The van der Waals surface area contributed by atoms with Crippen molar-refractivity contribution in [3.8, 4) is 17.6 Å². The van der Waals surface area contributed by atoms with Crippen molar-refractivity contribution in [1.82, 2.24) is 0 Å². The first-order valence-corrected chi connectivity index (χ1v) is 4.03. The molecule has 1 rings (SSSR count). The van der Waals surface area contributed by atoms with Gasteiger partial charge in [-0.05, 0) is 6.07 Å². The number of esters is 1. The fourth-order valence-electron chi connectivity index (χ4n) is 1.11. The minimum atomic E-state index is -0.694. The van der Waals surface area contributed by atoms with Crippen LogP contribution in [0.1, 0.15) is 15.9 Å². The second kappa shape index (κ2) is 4.33. The van der Waals surface area contributed by atoms with Gasteiger partial charge in [0, 0.05) is 6.07 Å².